The Kier molecular flexibility index (Phi) is 10.1. The summed E-state index contributed by atoms with van der Waals surface area (Å²) in [6.07, 6.45) is 0. The van der Waals surface area contributed by atoms with Gasteiger partial charge in [0, 0.05) is 32.3 Å². The second-order valence-corrected chi connectivity index (χ2v) is 4.78. The third-order valence-electron chi connectivity index (χ3n) is 2.91. The van der Waals surface area contributed by atoms with Crippen LogP contribution in [0.15, 0.2) is 24.3 Å². The van der Waals surface area contributed by atoms with Crippen LogP contribution in [0.2, 0.25) is 0 Å². The lowest BCUT2D eigenvalue weighted by atomic mass is 10.0. The zero-order chi connectivity index (χ0) is 14.1. The van der Waals surface area contributed by atoms with Gasteiger partial charge in [-0.15, -0.1) is 12.4 Å². The fraction of sp³-hybridized carbons (Fsp3) is 0.533. The zero-order valence-electron chi connectivity index (χ0n) is 12.4. The van der Waals surface area contributed by atoms with Gasteiger partial charge in [-0.1, -0.05) is 26.0 Å². The fourth-order valence-electron chi connectivity index (χ4n) is 1.69. The van der Waals surface area contributed by atoms with Gasteiger partial charge < -0.3 is 15.4 Å². The molecule has 0 saturated heterocycles. The summed E-state index contributed by atoms with van der Waals surface area (Å²) in [6, 6.07) is 7.78. The predicted molar refractivity (Wildman–Crippen MR) is 84.9 cm³/mol. The molecule has 1 rings (SSSR count). The van der Waals surface area contributed by atoms with Crippen molar-refractivity contribution in [2.75, 3.05) is 33.4 Å². The molecule has 0 atom stereocenters. The number of carbonyl (C=O) groups is 1. The number of methoxy groups -OCH3 is 1. The minimum Gasteiger partial charge on any atom is -0.383 e. The first-order valence-electron chi connectivity index (χ1n) is 6.73. The summed E-state index contributed by atoms with van der Waals surface area (Å²) in [5, 5.41) is 6.06. The Hall–Kier alpha value is -1.10. The Balaban J connectivity index is 0.00000361. The number of hydrogen-bond acceptors (Lipinski definition) is 3. The molecule has 0 radical (unpaired) electrons. The molecule has 114 valence electrons. The van der Waals surface area contributed by atoms with Gasteiger partial charge in [0.25, 0.3) is 5.91 Å². The van der Waals surface area contributed by atoms with Crippen LogP contribution >= 0.6 is 12.4 Å². The monoisotopic (exact) mass is 300 g/mol. The maximum absolute atomic E-state index is 11.9. The quantitative estimate of drug-likeness (QED) is 0.724. The predicted octanol–water partition coefficient (Wildman–Crippen LogP) is 2.20. The SMILES string of the molecule is COCCNCCNC(=O)c1ccc(C(C)C)cc1.Cl. The van der Waals surface area contributed by atoms with Gasteiger partial charge in [0.1, 0.15) is 0 Å². The third-order valence-corrected chi connectivity index (χ3v) is 2.91. The summed E-state index contributed by atoms with van der Waals surface area (Å²) in [4.78, 5) is 11.9. The van der Waals surface area contributed by atoms with Crippen molar-refractivity contribution in [3.05, 3.63) is 35.4 Å². The first-order chi connectivity index (χ1) is 9.15. The number of hydrogen-bond donors (Lipinski definition) is 2. The summed E-state index contributed by atoms with van der Waals surface area (Å²) in [5.74, 6) is 0.464. The number of amides is 1. The molecule has 0 bridgehead atoms. The van der Waals surface area contributed by atoms with Crippen molar-refractivity contribution in [1.82, 2.24) is 10.6 Å². The van der Waals surface area contributed by atoms with Crippen LogP contribution in [0.3, 0.4) is 0 Å². The van der Waals surface area contributed by atoms with E-state index in [9.17, 15) is 4.79 Å². The van der Waals surface area contributed by atoms with Gasteiger partial charge in [0.15, 0.2) is 0 Å². The molecule has 0 spiro atoms. The third kappa shape index (κ3) is 6.89. The Bertz CT molecular complexity index is 380. The Labute approximate surface area is 127 Å². The molecular formula is C15H25ClN2O2. The molecule has 0 aliphatic carbocycles. The number of halogens is 1. The molecule has 1 amide bonds. The minimum absolute atomic E-state index is 0. The average molecular weight is 301 g/mol. The van der Waals surface area contributed by atoms with E-state index in [4.69, 9.17) is 4.74 Å². The molecule has 0 saturated carbocycles. The van der Waals surface area contributed by atoms with E-state index in [0.29, 0.717) is 24.6 Å². The van der Waals surface area contributed by atoms with Crippen LogP contribution < -0.4 is 10.6 Å². The second-order valence-electron chi connectivity index (χ2n) is 4.78. The van der Waals surface area contributed by atoms with Gasteiger partial charge in [-0.3, -0.25) is 4.79 Å². The smallest absolute Gasteiger partial charge is 0.251 e. The zero-order valence-corrected chi connectivity index (χ0v) is 13.3. The van der Waals surface area contributed by atoms with E-state index in [1.54, 1.807) is 7.11 Å². The van der Waals surface area contributed by atoms with E-state index in [1.165, 1.54) is 5.56 Å². The van der Waals surface area contributed by atoms with Crippen molar-refractivity contribution in [1.29, 1.82) is 0 Å². The number of benzene rings is 1. The molecule has 0 heterocycles. The van der Waals surface area contributed by atoms with Crippen molar-refractivity contribution >= 4 is 18.3 Å². The van der Waals surface area contributed by atoms with Crippen LogP contribution in [0.25, 0.3) is 0 Å². The highest BCUT2D eigenvalue weighted by Gasteiger charge is 2.05. The van der Waals surface area contributed by atoms with Gasteiger partial charge in [-0.25, -0.2) is 0 Å². The largest absolute Gasteiger partial charge is 0.383 e. The van der Waals surface area contributed by atoms with Gasteiger partial charge in [-0.05, 0) is 23.6 Å². The summed E-state index contributed by atoms with van der Waals surface area (Å²) >= 11 is 0. The number of carbonyl (C=O) groups excluding carboxylic acids is 1. The van der Waals surface area contributed by atoms with Crippen LogP contribution in [0.4, 0.5) is 0 Å². The molecular weight excluding hydrogens is 276 g/mol. The van der Waals surface area contributed by atoms with Crippen LogP contribution in [-0.2, 0) is 4.74 Å². The van der Waals surface area contributed by atoms with Crippen LogP contribution in [-0.4, -0.2) is 39.3 Å². The molecule has 0 aliphatic rings. The standard InChI is InChI=1S/C15H24N2O2.ClH/c1-12(2)13-4-6-14(7-5-13)15(18)17-9-8-16-10-11-19-3;/h4-7,12,16H,8-11H2,1-3H3,(H,17,18);1H. The average Bonchev–Trinajstić information content (AvgIpc) is 2.42. The maximum Gasteiger partial charge on any atom is 0.251 e. The molecule has 5 heteroatoms. The summed E-state index contributed by atoms with van der Waals surface area (Å²) < 4.78 is 4.92. The van der Waals surface area contributed by atoms with Gasteiger partial charge in [-0.2, -0.15) is 0 Å². The number of ether oxygens (including phenoxy) is 1. The maximum atomic E-state index is 11.9. The van der Waals surface area contributed by atoms with E-state index in [2.05, 4.69) is 24.5 Å². The fourth-order valence-corrected chi connectivity index (χ4v) is 1.69. The Morgan fingerprint density at radius 3 is 2.35 bits per heavy atom. The lowest BCUT2D eigenvalue weighted by Crippen LogP contribution is -2.33. The molecule has 0 aromatic heterocycles. The van der Waals surface area contributed by atoms with Gasteiger partial charge in [0.2, 0.25) is 0 Å². The molecule has 1 aromatic rings. The van der Waals surface area contributed by atoms with Crippen LogP contribution in [0, 0.1) is 0 Å². The lowest BCUT2D eigenvalue weighted by molar-refractivity contribution is 0.0953. The summed E-state index contributed by atoms with van der Waals surface area (Å²) in [7, 11) is 1.67. The molecule has 0 unspecified atom stereocenters. The van der Waals surface area contributed by atoms with Crippen LogP contribution in [0.5, 0.6) is 0 Å². The summed E-state index contributed by atoms with van der Waals surface area (Å²) in [6.45, 7) is 7.13. The van der Waals surface area contributed by atoms with Crippen molar-refractivity contribution in [2.45, 2.75) is 19.8 Å². The van der Waals surface area contributed by atoms with Crippen molar-refractivity contribution in [2.24, 2.45) is 0 Å². The van der Waals surface area contributed by atoms with Crippen molar-refractivity contribution in [3.8, 4) is 0 Å². The highest BCUT2D eigenvalue weighted by molar-refractivity contribution is 5.94. The molecule has 2 N–H and O–H groups in total. The van der Waals surface area contributed by atoms with E-state index >= 15 is 0 Å². The molecule has 1 aromatic carbocycles. The van der Waals surface area contributed by atoms with E-state index in [0.717, 1.165) is 13.1 Å². The molecule has 20 heavy (non-hydrogen) atoms. The highest BCUT2D eigenvalue weighted by atomic mass is 35.5. The molecule has 0 aliphatic heterocycles. The Morgan fingerprint density at radius 1 is 1.15 bits per heavy atom. The minimum atomic E-state index is -0.0242. The normalized spacial score (nSPS) is 10.2. The number of rotatable bonds is 8. The lowest BCUT2D eigenvalue weighted by Gasteiger charge is -2.08. The van der Waals surface area contributed by atoms with Gasteiger partial charge in [0.05, 0.1) is 6.61 Å². The molecule has 4 nitrogen and oxygen atoms in total. The first kappa shape index (κ1) is 18.9. The van der Waals surface area contributed by atoms with E-state index < -0.39 is 0 Å². The Morgan fingerprint density at radius 2 is 1.80 bits per heavy atom. The van der Waals surface area contributed by atoms with Crippen LogP contribution in [0.1, 0.15) is 35.7 Å². The summed E-state index contributed by atoms with van der Waals surface area (Å²) in [5.41, 5.74) is 1.96. The second kappa shape index (κ2) is 10.7. The molecule has 0 fully saturated rings. The van der Waals surface area contributed by atoms with E-state index in [1.807, 2.05) is 24.3 Å². The van der Waals surface area contributed by atoms with Gasteiger partial charge >= 0.3 is 0 Å². The highest BCUT2D eigenvalue weighted by Crippen LogP contribution is 2.14. The van der Waals surface area contributed by atoms with E-state index in [-0.39, 0.29) is 18.3 Å². The topological polar surface area (TPSA) is 50.4 Å². The van der Waals surface area contributed by atoms with Crippen molar-refractivity contribution < 1.29 is 9.53 Å². The number of nitrogens with one attached hydrogen (secondary N) is 2. The first-order valence-corrected chi connectivity index (χ1v) is 6.73. The van der Waals surface area contributed by atoms with Crippen molar-refractivity contribution in [3.63, 3.8) is 0 Å².